The van der Waals surface area contributed by atoms with E-state index >= 15 is 0 Å². The van der Waals surface area contributed by atoms with Gasteiger partial charge in [-0.15, -0.1) is 0 Å². The maximum absolute atomic E-state index is 11.8. The standard InChI is InChI=1S/C11H22N2O3/c1-6-11(5,12)9(16)13-7(8(14)15)10(2,3)4/h7H,6,12H2,1-5H3,(H,13,16)(H,14,15)/t7-,11?/m0/s1. The van der Waals surface area contributed by atoms with Crippen LogP contribution in [0.25, 0.3) is 0 Å². The van der Waals surface area contributed by atoms with Gasteiger partial charge in [-0.25, -0.2) is 4.79 Å². The smallest absolute Gasteiger partial charge is 0.326 e. The molecule has 16 heavy (non-hydrogen) atoms. The Bertz CT molecular complexity index is 279. The number of nitrogens with two attached hydrogens (primary N) is 1. The predicted molar refractivity (Wildman–Crippen MR) is 61.9 cm³/mol. The van der Waals surface area contributed by atoms with Crippen LogP contribution in [0.1, 0.15) is 41.0 Å². The van der Waals surface area contributed by atoms with Gasteiger partial charge < -0.3 is 16.2 Å². The van der Waals surface area contributed by atoms with Crippen LogP contribution in [-0.4, -0.2) is 28.6 Å². The molecule has 94 valence electrons. The van der Waals surface area contributed by atoms with E-state index in [9.17, 15) is 9.59 Å². The third-order valence-corrected chi connectivity index (χ3v) is 2.64. The first-order valence-electron chi connectivity index (χ1n) is 5.35. The molecule has 0 aliphatic rings. The number of amides is 1. The Hall–Kier alpha value is -1.10. The van der Waals surface area contributed by atoms with Crippen molar-refractivity contribution in [2.45, 2.75) is 52.6 Å². The lowest BCUT2D eigenvalue weighted by atomic mass is 9.86. The van der Waals surface area contributed by atoms with Crippen molar-refractivity contribution in [3.05, 3.63) is 0 Å². The van der Waals surface area contributed by atoms with E-state index < -0.39 is 28.9 Å². The fourth-order valence-electron chi connectivity index (χ4n) is 1.11. The van der Waals surface area contributed by atoms with Crippen molar-refractivity contribution < 1.29 is 14.7 Å². The lowest BCUT2D eigenvalue weighted by molar-refractivity contribution is -0.145. The summed E-state index contributed by atoms with van der Waals surface area (Å²) in [5.41, 5.74) is 4.17. The Morgan fingerprint density at radius 3 is 2.00 bits per heavy atom. The SMILES string of the molecule is CCC(C)(N)C(=O)N[C@@H](C(=O)O)C(C)(C)C. The molecule has 0 aliphatic carbocycles. The zero-order chi connectivity index (χ0) is 13.1. The van der Waals surface area contributed by atoms with Gasteiger partial charge >= 0.3 is 5.97 Å². The molecule has 4 N–H and O–H groups in total. The lowest BCUT2D eigenvalue weighted by Crippen LogP contribution is -2.58. The molecule has 1 unspecified atom stereocenters. The molecule has 5 heteroatoms. The summed E-state index contributed by atoms with van der Waals surface area (Å²) in [5, 5.41) is 11.5. The Labute approximate surface area is 96.4 Å². The van der Waals surface area contributed by atoms with Crippen LogP contribution in [0.4, 0.5) is 0 Å². The highest BCUT2D eigenvalue weighted by Gasteiger charge is 2.36. The molecule has 0 spiro atoms. The summed E-state index contributed by atoms with van der Waals surface area (Å²) < 4.78 is 0. The zero-order valence-electron chi connectivity index (χ0n) is 10.6. The fourth-order valence-corrected chi connectivity index (χ4v) is 1.11. The number of hydrogen-bond acceptors (Lipinski definition) is 3. The third-order valence-electron chi connectivity index (χ3n) is 2.64. The third kappa shape index (κ3) is 3.81. The van der Waals surface area contributed by atoms with E-state index in [0.29, 0.717) is 6.42 Å². The molecule has 0 aromatic carbocycles. The Morgan fingerprint density at radius 1 is 1.31 bits per heavy atom. The van der Waals surface area contributed by atoms with Gasteiger partial charge in [-0.05, 0) is 18.8 Å². The maximum atomic E-state index is 11.8. The highest BCUT2D eigenvalue weighted by Crippen LogP contribution is 2.20. The first-order chi connectivity index (χ1) is 7.02. The summed E-state index contributed by atoms with van der Waals surface area (Å²) in [5.74, 6) is -1.48. The molecule has 0 radical (unpaired) electrons. The summed E-state index contributed by atoms with van der Waals surface area (Å²) in [7, 11) is 0. The molecule has 0 aliphatic heterocycles. The minimum absolute atomic E-state index is 0.433. The van der Waals surface area contributed by atoms with E-state index in [1.54, 1.807) is 34.6 Å². The van der Waals surface area contributed by atoms with Crippen molar-refractivity contribution in [1.29, 1.82) is 0 Å². The molecule has 2 atom stereocenters. The van der Waals surface area contributed by atoms with E-state index in [2.05, 4.69) is 5.32 Å². The van der Waals surface area contributed by atoms with Crippen molar-refractivity contribution in [2.75, 3.05) is 0 Å². The minimum Gasteiger partial charge on any atom is -0.480 e. The largest absolute Gasteiger partial charge is 0.480 e. The van der Waals surface area contributed by atoms with Crippen LogP contribution in [0, 0.1) is 5.41 Å². The molecule has 0 saturated carbocycles. The first kappa shape index (κ1) is 14.9. The fraction of sp³-hybridized carbons (Fsp3) is 0.818. The molecule has 0 aromatic rings. The van der Waals surface area contributed by atoms with Crippen molar-refractivity contribution >= 4 is 11.9 Å². The van der Waals surface area contributed by atoms with E-state index in [1.807, 2.05) is 0 Å². The molecule has 0 rings (SSSR count). The zero-order valence-corrected chi connectivity index (χ0v) is 10.6. The molecule has 0 saturated heterocycles. The van der Waals surface area contributed by atoms with Crippen LogP contribution in [-0.2, 0) is 9.59 Å². The van der Waals surface area contributed by atoms with Gasteiger partial charge in [-0.2, -0.15) is 0 Å². The molecular weight excluding hydrogens is 208 g/mol. The number of aliphatic carboxylic acids is 1. The monoisotopic (exact) mass is 230 g/mol. The van der Waals surface area contributed by atoms with Crippen LogP contribution in [0.15, 0.2) is 0 Å². The summed E-state index contributed by atoms with van der Waals surface area (Å²) in [4.78, 5) is 22.8. The molecule has 1 amide bonds. The van der Waals surface area contributed by atoms with Crippen molar-refractivity contribution in [2.24, 2.45) is 11.1 Å². The molecule has 0 heterocycles. The Kier molecular flexibility index (Phi) is 4.49. The van der Waals surface area contributed by atoms with E-state index in [1.165, 1.54) is 0 Å². The van der Waals surface area contributed by atoms with Gasteiger partial charge in [0.25, 0.3) is 0 Å². The molecule has 0 bridgehead atoms. The number of nitrogens with one attached hydrogen (secondary N) is 1. The van der Waals surface area contributed by atoms with Gasteiger partial charge in [-0.3, -0.25) is 4.79 Å². The minimum atomic E-state index is -1.05. The summed E-state index contributed by atoms with van der Waals surface area (Å²) in [6.45, 7) is 8.64. The average molecular weight is 230 g/mol. The van der Waals surface area contributed by atoms with Crippen LogP contribution in [0.2, 0.25) is 0 Å². The number of rotatable bonds is 4. The number of carbonyl (C=O) groups is 2. The topological polar surface area (TPSA) is 92.4 Å². The van der Waals surface area contributed by atoms with Gasteiger partial charge in [0.1, 0.15) is 6.04 Å². The first-order valence-corrected chi connectivity index (χ1v) is 5.35. The summed E-state index contributed by atoms with van der Waals surface area (Å²) in [6, 6.07) is -0.936. The van der Waals surface area contributed by atoms with Crippen LogP contribution in [0.5, 0.6) is 0 Å². The summed E-state index contributed by atoms with van der Waals surface area (Å²) >= 11 is 0. The second-order valence-corrected chi connectivity index (χ2v) is 5.38. The van der Waals surface area contributed by atoms with E-state index in [4.69, 9.17) is 10.8 Å². The maximum Gasteiger partial charge on any atom is 0.326 e. The average Bonchev–Trinajstić information content (AvgIpc) is 2.11. The van der Waals surface area contributed by atoms with Crippen molar-refractivity contribution in [3.63, 3.8) is 0 Å². The second kappa shape index (κ2) is 4.82. The second-order valence-electron chi connectivity index (χ2n) is 5.38. The number of hydrogen-bond donors (Lipinski definition) is 3. The highest BCUT2D eigenvalue weighted by atomic mass is 16.4. The molecular formula is C11H22N2O3. The Balaban J connectivity index is 4.81. The van der Waals surface area contributed by atoms with Crippen LogP contribution >= 0.6 is 0 Å². The number of carbonyl (C=O) groups excluding carboxylic acids is 1. The van der Waals surface area contributed by atoms with Gasteiger partial charge in [-0.1, -0.05) is 27.7 Å². The normalized spacial score (nSPS) is 17.4. The predicted octanol–water partition coefficient (Wildman–Crippen LogP) is 0.729. The Morgan fingerprint density at radius 2 is 1.75 bits per heavy atom. The van der Waals surface area contributed by atoms with Gasteiger partial charge in [0, 0.05) is 0 Å². The van der Waals surface area contributed by atoms with Gasteiger partial charge in [0.15, 0.2) is 0 Å². The van der Waals surface area contributed by atoms with Crippen molar-refractivity contribution in [1.82, 2.24) is 5.32 Å². The molecule has 5 nitrogen and oxygen atoms in total. The van der Waals surface area contributed by atoms with Crippen molar-refractivity contribution in [3.8, 4) is 0 Å². The molecule has 0 fully saturated rings. The highest BCUT2D eigenvalue weighted by molar-refractivity contribution is 5.89. The van der Waals surface area contributed by atoms with Crippen LogP contribution < -0.4 is 11.1 Å². The van der Waals surface area contributed by atoms with E-state index in [0.717, 1.165) is 0 Å². The number of carboxylic acids is 1. The lowest BCUT2D eigenvalue weighted by Gasteiger charge is -2.31. The van der Waals surface area contributed by atoms with Gasteiger partial charge in [0.2, 0.25) is 5.91 Å². The number of carboxylic acid groups (broad SMARTS) is 1. The molecule has 0 aromatic heterocycles. The van der Waals surface area contributed by atoms with Gasteiger partial charge in [0.05, 0.1) is 5.54 Å². The quantitative estimate of drug-likeness (QED) is 0.663. The van der Waals surface area contributed by atoms with E-state index in [-0.39, 0.29) is 0 Å². The van der Waals surface area contributed by atoms with Crippen LogP contribution in [0.3, 0.4) is 0 Å². The summed E-state index contributed by atoms with van der Waals surface area (Å²) in [6.07, 6.45) is 0.454.